The highest BCUT2D eigenvalue weighted by molar-refractivity contribution is 6.30. The van der Waals surface area contributed by atoms with Crippen LogP contribution >= 0.6 is 11.6 Å². The van der Waals surface area contributed by atoms with E-state index in [4.69, 9.17) is 17.3 Å². The Morgan fingerprint density at radius 2 is 2.17 bits per heavy atom. The fourth-order valence-corrected chi connectivity index (χ4v) is 2.75. The van der Waals surface area contributed by atoms with Crippen LogP contribution < -0.4 is 11.1 Å². The van der Waals surface area contributed by atoms with Crippen LogP contribution in [0.2, 0.25) is 5.02 Å². The number of primary amides is 1. The molecule has 1 heterocycles. The number of amides is 3. The van der Waals surface area contributed by atoms with Crippen LogP contribution in [0.1, 0.15) is 18.9 Å². The van der Waals surface area contributed by atoms with Gasteiger partial charge >= 0.3 is 0 Å². The maximum atomic E-state index is 13.3. The maximum absolute atomic E-state index is 13.3. The molecule has 1 aromatic carbocycles. The number of hydrogen-bond acceptors (Lipinski definition) is 4. The smallest absolute Gasteiger partial charge is 0.265 e. The molecule has 0 radical (unpaired) electrons. The monoisotopic (exact) mass is 357 g/mol. The molecule has 1 saturated heterocycles. The van der Waals surface area contributed by atoms with Crippen LogP contribution in [-0.4, -0.2) is 45.9 Å². The summed E-state index contributed by atoms with van der Waals surface area (Å²) in [4.78, 5) is 36.7. The highest BCUT2D eigenvalue weighted by Crippen LogP contribution is 2.25. The predicted octanol–water partition coefficient (Wildman–Crippen LogP) is -0.0675. The maximum Gasteiger partial charge on any atom is 0.265 e. The van der Waals surface area contributed by atoms with Crippen LogP contribution in [0.4, 0.5) is 4.39 Å². The molecule has 1 aromatic rings. The molecule has 2 unspecified atom stereocenters. The molecule has 1 fully saturated rings. The molecule has 7 nitrogen and oxygen atoms in total. The van der Waals surface area contributed by atoms with Crippen LogP contribution in [0.3, 0.4) is 0 Å². The number of hydrogen-bond donors (Lipinski definition) is 3. The fraction of sp³-hybridized carbons (Fsp3) is 0.400. The van der Waals surface area contributed by atoms with Gasteiger partial charge in [-0.15, -0.1) is 0 Å². The van der Waals surface area contributed by atoms with E-state index in [1.807, 2.05) is 0 Å². The average molecular weight is 358 g/mol. The molecule has 3 amide bonds. The van der Waals surface area contributed by atoms with E-state index < -0.39 is 35.2 Å². The lowest BCUT2D eigenvalue weighted by Crippen LogP contribution is -2.54. The lowest BCUT2D eigenvalue weighted by Gasteiger charge is -2.24. The molecule has 0 spiro atoms. The first-order valence-corrected chi connectivity index (χ1v) is 7.59. The van der Waals surface area contributed by atoms with Crippen molar-refractivity contribution in [3.8, 4) is 0 Å². The van der Waals surface area contributed by atoms with E-state index in [1.54, 1.807) is 0 Å². The fourth-order valence-electron chi connectivity index (χ4n) is 2.50. The Morgan fingerprint density at radius 3 is 2.75 bits per heavy atom. The lowest BCUT2D eigenvalue weighted by atomic mass is 10.0. The quantitative estimate of drug-likeness (QED) is 0.640. The molecule has 4 N–H and O–H groups in total. The second-order valence-corrected chi connectivity index (χ2v) is 6.08. The van der Waals surface area contributed by atoms with E-state index in [-0.39, 0.29) is 24.5 Å². The molecule has 1 aliphatic heterocycles. The van der Waals surface area contributed by atoms with Crippen molar-refractivity contribution >= 4 is 29.3 Å². The van der Waals surface area contributed by atoms with Crippen LogP contribution in [0.5, 0.6) is 0 Å². The Kier molecular flexibility index (Phi) is 5.10. The van der Waals surface area contributed by atoms with Gasteiger partial charge in [0.05, 0.1) is 0 Å². The summed E-state index contributed by atoms with van der Waals surface area (Å²) >= 11 is 5.72. The van der Waals surface area contributed by atoms with Gasteiger partial charge in [0.15, 0.2) is 0 Å². The molecule has 130 valence electrons. The SMILES string of the molecule is CC(C(N)=O)N1CCC(O)(C(=O)NCc2cc(F)cc(Cl)c2)C1=O. The van der Waals surface area contributed by atoms with Crippen molar-refractivity contribution in [3.63, 3.8) is 0 Å². The summed E-state index contributed by atoms with van der Waals surface area (Å²) < 4.78 is 13.3. The second kappa shape index (κ2) is 6.74. The predicted molar refractivity (Wildman–Crippen MR) is 83.2 cm³/mol. The molecule has 1 aliphatic rings. The number of nitrogens with two attached hydrogens (primary N) is 1. The third-order valence-corrected chi connectivity index (χ3v) is 4.18. The molecule has 24 heavy (non-hydrogen) atoms. The van der Waals surface area contributed by atoms with E-state index in [0.29, 0.717) is 5.56 Å². The van der Waals surface area contributed by atoms with Gasteiger partial charge in [-0.25, -0.2) is 4.39 Å². The molecular formula is C15H17ClFN3O4. The zero-order valence-corrected chi connectivity index (χ0v) is 13.6. The van der Waals surface area contributed by atoms with Crippen molar-refractivity contribution in [2.45, 2.75) is 31.5 Å². The van der Waals surface area contributed by atoms with E-state index in [1.165, 1.54) is 19.1 Å². The number of carbonyl (C=O) groups is 3. The van der Waals surface area contributed by atoms with E-state index in [9.17, 15) is 23.9 Å². The first-order valence-electron chi connectivity index (χ1n) is 7.21. The zero-order chi connectivity index (χ0) is 18.1. The van der Waals surface area contributed by atoms with Crippen molar-refractivity contribution in [3.05, 3.63) is 34.6 Å². The van der Waals surface area contributed by atoms with Gasteiger partial charge in [-0.2, -0.15) is 0 Å². The van der Waals surface area contributed by atoms with Crippen molar-refractivity contribution < 1.29 is 23.9 Å². The number of halogens is 2. The number of benzene rings is 1. The summed E-state index contributed by atoms with van der Waals surface area (Å²) in [6.07, 6.45) is -0.167. The first-order chi connectivity index (χ1) is 11.1. The van der Waals surface area contributed by atoms with Crippen molar-refractivity contribution in [1.29, 1.82) is 0 Å². The van der Waals surface area contributed by atoms with E-state index >= 15 is 0 Å². The minimum Gasteiger partial charge on any atom is -0.372 e. The molecule has 0 aliphatic carbocycles. The largest absolute Gasteiger partial charge is 0.372 e. The van der Waals surface area contributed by atoms with Crippen molar-refractivity contribution in [1.82, 2.24) is 10.2 Å². The van der Waals surface area contributed by atoms with Gasteiger partial charge < -0.3 is 21.1 Å². The summed E-state index contributed by atoms with van der Waals surface area (Å²) in [5.41, 5.74) is 3.25. The van der Waals surface area contributed by atoms with Gasteiger partial charge in [-0.3, -0.25) is 14.4 Å². The number of carbonyl (C=O) groups excluding carboxylic acids is 3. The Balaban J connectivity index is 2.06. The molecular weight excluding hydrogens is 341 g/mol. The van der Waals surface area contributed by atoms with Crippen LogP contribution in [0, 0.1) is 5.82 Å². The highest BCUT2D eigenvalue weighted by Gasteiger charge is 2.52. The van der Waals surface area contributed by atoms with E-state index in [0.717, 1.165) is 11.0 Å². The van der Waals surface area contributed by atoms with E-state index in [2.05, 4.69) is 5.32 Å². The Morgan fingerprint density at radius 1 is 1.50 bits per heavy atom. The van der Waals surface area contributed by atoms with Crippen LogP contribution in [0.25, 0.3) is 0 Å². The number of nitrogens with zero attached hydrogens (tertiary/aromatic N) is 1. The van der Waals surface area contributed by atoms with Gasteiger partial charge in [-0.1, -0.05) is 11.6 Å². The molecule has 2 rings (SSSR count). The molecule has 0 bridgehead atoms. The Labute approximate surface area is 142 Å². The standard InChI is InChI=1S/C15H17ClFN3O4/c1-8(12(18)21)20-3-2-15(24,14(20)23)13(22)19-7-9-4-10(16)6-11(17)5-9/h4-6,8,24H,2-3,7H2,1H3,(H2,18,21)(H,19,22). The summed E-state index contributed by atoms with van der Waals surface area (Å²) in [6.45, 7) is 1.33. The highest BCUT2D eigenvalue weighted by atomic mass is 35.5. The third kappa shape index (κ3) is 3.49. The summed E-state index contributed by atoms with van der Waals surface area (Å²) in [5, 5.41) is 12.9. The molecule has 2 atom stereocenters. The number of nitrogens with one attached hydrogen (secondary N) is 1. The van der Waals surface area contributed by atoms with Gasteiger partial charge in [-0.05, 0) is 30.7 Å². The number of rotatable bonds is 5. The van der Waals surface area contributed by atoms with Gasteiger partial charge in [0.1, 0.15) is 11.9 Å². The van der Waals surface area contributed by atoms with Gasteiger partial charge in [0.25, 0.3) is 11.8 Å². The zero-order valence-electron chi connectivity index (χ0n) is 12.9. The summed E-state index contributed by atoms with van der Waals surface area (Å²) in [5.74, 6) is -3.11. The minimum atomic E-state index is -2.28. The first kappa shape index (κ1) is 18.2. The molecule has 0 saturated carbocycles. The van der Waals surface area contributed by atoms with Crippen molar-refractivity contribution in [2.24, 2.45) is 5.73 Å². The number of aliphatic hydroxyl groups is 1. The number of likely N-dealkylation sites (tertiary alicyclic amines) is 1. The molecule has 9 heteroatoms. The summed E-state index contributed by atoms with van der Waals surface area (Å²) in [7, 11) is 0. The van der Waals surface area contributed by atoms with Crippen LogP contribution in [-0.2, 0) is 20.9 Å². The van der Waals surface area contributed by atoms with Crippen LogP contribution in [0.15, 0.2) is 18.2 Å². The second-order valence-electron chi connectivity index (χ2n) is 5.65. The Hall–Kier alpha value is -2.19. The van der Waals surface area contributed by atoms with Gasteiger partial charge in [0.2, 0.25) is 11.5 Å². The average Bonchev–Trinajstić information content (AvgIpc) is 2.80. The topological polar surface area (TPSA) is 113 Å². The lowest BCUT2D eigenvalue weighted by molar-refractivity contribution is -0.156. The normalized spacial score (nSPS) is 21.7. The third-order valence-electron chi connectivity index (χ3n) is 3.96. The Bertz CT molecular complexity index is 679. The van der Waals surface area contributed by atoms with Crippen molar-refractivity contribution in [2.75, 3.05) is 6.54 Å². The molecule has 0 aromatic heterocycles. The van der Waals surface area contributed by atoms with Gasteiger partial charge in [0, 0.05) is 24.5 Å². The minimum absolute atomic E-state index is 0.0264. The summed E-state index contributed by atoms with van der Waals surface area (Å²) in [6, 6.07) is 2.81.